The Morgan fingerprint density at radius 1 is 1.04 bits per heavy atom. The molecule has 1 aliphatic carbocycles. The number of ether oxygens (including phenoxy) is 1. The number of anilines is 4. The van der Waals surface area contributed by atoms with Crippen molar-refractivity contribution in [2.24, 2.45) is 5.92 Å². The lowest BCUT2D eigenvalue weighted by Gasteiger charge is -2.24. The molecule has 2 atom stereocenters. The lowest BCUT2D eigenvalue weighted by Crippen LogP contribution is -2.40. The van der Waals surface area contributed by atoms with Crippen LogP contribution in [0.3, 0.4) is 0 Å². The summed E-state index contributed by atoms with van der Waals surface area (Å²) in [5, 5.41) is 14.3. The number of imidazole rings is 1. The van der Waals surface area contributed by atoms with E-state index in [9.17, 15) is 9.59 Å². The third kappa shape index (κ3) is 9.29. The zero-order valence-electron chi connectivity index (χ0n) is 38.4. The predicted molar refractivity (Wildman–Crippen MR) is 262 cm³/mol. The Bertz CT molecular complexity index is 3160. The second kappa shape index (κ2) is 18.8. The number of rotatable bonds is 15. The number of piperidine rings is 1. The van der Waals surface area contributed by atoms with Gasteiger partial charge in [0.05, 0.1) is 46.9 Å². The molecular weight excluding hydrogens is 951 g/mol. The summed E-state index contributed by atoms with van der Waals surface area (Å²) in [6, 6.07) is 13.4. The van der Waals surface area contributed by atoms with Crippen LogP contribution in [0.5, 0.6) is 5.75 Å². The molecule has 356 valence electrons. The minimum atomic E-state index is -0.722. The maximum Gasteiger partial charge on any atom is 0.258 e. The van der Waals surface area contributed by atoms with Crippen molar-refractivity contribution in [2.75, 3.05) is 61.1 Å². The Labute approximate surface area is 404 Å². The highest BCUT2D eigenvalue weighted by Crippen LogP contribution is 2.41. The van der Waals surface area contributed by atoms with Gasteiger partial charge in [0.25, 0.3) is 11.8 Å². The quantitative estimate of drug-likeness (QED) is 0.0754. The van der Waals surface area contributed by atoms with Gasteiger partial charge in [0.1, 0.15) is 36.1 Å². The molecule has 0 bridgehead atoms. The Morgan fingerprint density at radius 2 is 1.88 bits per heavy atom. The number of amides is 2. The molecule has 7 aromatic rings. The molecule has 10 rings (SSSR count). The standard InChI is InChI=1S/C49H51BrF2N14O3/c1-26-7-12-40-38(16-26)59-41(21-55-48-62-49(61-45-35(50)20-58-66(45)48)64-23-31-6-5-13-54-39(31)24-64)65(40)22-27(2)47(68)63(4)14-15-69-43-42(56-25-57-44(43)53)34-18-32(51)19-37(28(34)3)60-46(67)33-11-10-30(17-36(33)52)29-8-9-29/h7,10-12,16-20,25,29,31,39,54H,2,5-6,8-9,13-15,21-24H2,1,3-4H3,(H,60,67)(H2,53,56,57)(H,55,61,62)/t31-,39+/m0/s1. The van der Waals surface area contributed by atoms with Crippen LogP contribution in [0.1, 0.15) is 64.5 Å². The summed E-state index contributed by atoms with van der Waals surface area (Å²) in [4.78, 5) is 54.3. The molecule has 6 heterocycles. The van der Waals surface area contributed by atoms with Gasteiger partial charge in [-0.05, 0) is 127 Å². The van der Waals surface area contributed by atoms with Gasteiger partial charge in [0.2, 0.25) is 11.9 Å². The smallest absolute Gasteiger partial charge is 0.258 e. The van der Waals surface area contributed by atoms with Crippen molar-refractivity contribution >= 4 is 67.8 Å². The number of nitrogens with zero attached hydrogens (tertiary/aromatic N) is 10. The lowest BCUT2D eigenvalue weighted by atomic mass is 9.94. The van der Waals surface area contributed by atoms with E-state index in [-0.39, 0.29) is 66.2 Å². The van der Waals surface area contributed by atoms with Crippen molar-refractivity contribution in [3.8, 4) is 17.0 Å². The van der Waals surface area contributed by atoms with E-state index in [2.05, 4.69) is 58.4 Å². The van der Waals surface area contributed by atoms with E-state index in [4.69, 9.17) is 25.4 Å². The average molecular weight is 1000 g/mol. The van der Waals surface area contributed by atoms with E-state index in [1.54, 1.807) is 30.8 Å². The SMILES string of the molecule is C=C(Cn1c(CNc2nc(N3C[C@@H]4CCCN[C@@H]4C3)nc3c(Br)cnn23)nc2cc(C)ccc21)C(=O)N(C)CCOc1c(N)ncnc1-c1cc(F)cc(NC(=O)c2ccc(C3CC3)cc2F)c1C. The molecule has 3 fully saturated rings. The fourth-order valence-corrected chi connectivity index (χ4v) is 9.68. The molecule has 5 N–H and O–H groups in total. The molecule has 3 aliphatic rings. The van der Waals surface area contributed by atoms with Gasteiger partial charge in [-0.3, -0.25) is 9.59 Å². The number of fused-ring (bicyclic) bond motifs is 3. The van der Waals surface area contributed by atoms with Crippen molar-refractivity contribution < 1.29 is 23.1 Å². The first kappa shape index (κ1) is 45.7. The molecule has 1 saturated carbocycles. The van der Waals surface area contributed by atoms with E-state index in [0.717, 1.165) is 71.6 Å². The Balaban J connectivity index is 0.822. The highest BCUT2D eigenvalue weighted by Gasteiger charge is 2.36. The van der Waals surface area contributed by atoms with Gasteiger partial charge >= 0.3 is 0 Å². The Hall–Kier alpha value is -7.06. The largest absolute Gasteiger partial charge is 0.486 e. The molecule has 2 amide bonds. The maximum atomic E-state index is 15.3. The maximum absolute atomic E-state index is 15.3. The van der Waals surface area contributed by atoms with Gasteiger partial charge in [0.15, 0.2) is 17.2 Å². The molecule has 0 unspecified atom stereocenters. The first-order valence-corrected chi connectivity index (χ1v) is 23.8. The van der Waals surface area contributed by atoms with Gasteiger partial charge < -0.3 is 40.8 Å². The van der Waals surface area contributed by atoms with Crippen molar-refractivity contribution in [1.82, 2.24) is 49.3 Å². The molecule has 2 saturated heterocycles. The van der Waals surface area contributed by atoms with Gasteiger partial charge in [0, 0.05) is 43.0 Å². The summed E-state index contributed by atoms with van der Waals surface area (Å²) in [5.41, 5.74) is 11.6. The summed E-state index contributed by atoms with van der Waals surface area (Å²) < 4.78 is 40.8. The molecule has 0 spiro atoms. The Kier molecular flexibility index (Phi) is 12.4. The zero-order valence-corrected chi connectivity index (χ0v) is 40.0. The van der Waals surface area contributed by atoms with Crippen LogP contribution in [-0.4, -0.2) is 102 Å². The Morgan fingerprint density at radius 3 is 2.68 bits per heavy atom. The normalized spacial score (nSPS) is 16.8. The summed E-state index contributed by atoms with van der Waals surface area (Å²) in [6.45, 7) is 11.1. The minimum absolute atomic E-state index is 0.0148. The van der Waals surface area contributed by atoms with E-state index in [1.807, 2.05) is 29.7 Å². The van der Waals surface area contributed by atoms with Crippen LogP contribution in [0.15, 0.2) is 77.7 Å². The number of nitrogens with one attached hydrogen (secondary N) is 3. The number of nitrogen functional groups attached to an aromatic ring is 1. The number of carbonyl (C=O) groups excluding carboxylic acids is 2. The van der Waals surface area contributed by atoms with Crippen LogP contribution in [-0.2, 0) is 17.9 Å². The third-order valence-corrected chi connectivity index (χ3v) is 13.8. The van der Waals surface area contributed by atoms with E-state index < -0.39 is 17.5 Å². The zero-order chi connectivity index (χ0) is 48.1. The number of aromatic nitrogens is 8. The lowest BCUT2D eigenvalue weighted by molar-refractivity contribution is -0.126. The van der Waals surface area contributed by atoms with Crippen molar-refractivity contribution in [3.63, 3.8) is 0 Å². The average Bonchev–Trinajstić information content (AvgIpc) is 3.86. The van der Waals surface area contributed by atoms with Crippen LogP contribution < -0.4 is 31.3 Å². The summed E-state index contributed by atoms with van der Waals surface area (Å²) in [5.74, 6) is 0.316. The number of carbonyl (C=O) groups is 2. The number of likely N-dealkylation sites (N-methyl/N-ethyl adjacent to an activating group) is 1. The summed E-state index contributed by atoms with van der Waals surface area (Å²) in [7, 11) is 1.64. The van der Waals surface area contributed by atoms with E-state index in [1.165, 1.54) is 35.8 Å². The van der Waals surface area contributed by atoms with Crippen LogP contribution >= 0.6 is 15.9 Å². The molecule has 20 heteroatoms. The first-order chi connectivity index (χ1) is 33.3. The minimum Gasteiger partial charge on any atom is -0.486 e. The van der Waals surface area contributed by atoms with Gasteiger partial charge in [-0.1, -0.05) is 18.7 Å². The fraction of sp³-hybridized carbons (Fsp3) is 0.347. The molecule has 17 nitrogen and oxygen atoms in total. The monoisotopic (exact) mass is 1000 g/mol. The second-order valence-electron chi connectivity index (χ2n) is 18.1. The number of aryl methyl sites for hydroxylation is 1. The fourth-order valence-electron chi connectivity index (χ4n) is 9.33. The number of hydrogen-bond donors (Lipinski definition) is 4. The summed E-state index contributed by atoms with van der Waals surface area (Å²) in [6.07, 6.45) is 7.24. The van der Waals surface area contributed by atoms with Crippen LogP contribution in [0, 0.1) is 31.4 Å². The first-order valence-electron chi connectivity index (χ1n) is 23.0. The number of benzene rings is 3. The van der Waals surface area contributed by atoms with Crippen molar-refractivity contribution in [3.05, 3.63) is 117 Å². The van der Waals surface area contributed by atoms with Gasteiger partial charge in [-0.2, -0.15) is 19.6 Å². The molecular formula is C49H51BrF2N14O3. The molecule has 4 aromatic heterocycles. The molecule has 3 aromatic carbocycles. The summed E-state index contributed by atoms with van der Waals surface area (Å²) >= 11 is 3.62. The number of nitrogens with two attached hydrogens (primary N) is 1. The van der Waals surface area contributed by atoms with E-state index in [0.29, 0.717) is 52.4 Å². The van der Waals surface area contributed by atoms with Crippen LogP contribution in [0.4, 0.5) is 32.2 Å². The van der Waals surface area contributed by atoms with Crippen molar-refractivity contribution in [1.29, 1.82) is 0 Å². The topological polar surface area (TPSA) is 199 Å². The molecule has 69 heavy (non-hydrogen) atoms. The highest BCUT2D eigenvalue weighted by atomic mass is 79.9. The second-order valence-corrected chi connectivity index (χ2v) is 19.0. The number of hydrogen-bond acceptors (Lipinski definition) is 13. The van der Waals surface area contributed by atoms with Crippen molar-refractivity contribution in [2.45, 2.75) is 64.6 Å². The van der Waals surface area contributed by atoms with Gasteiger partial charge in [-0.25, -0.2) is 23.7 Å². The number of halogens is 3. The van der Waals surface area contributed by atoms with Crippen LogP contribution in [0.25, 0.3) is 27.9 Å². The molecule has 2 aliphatic heterocycles. The highest BCUT2D eigenvalue weighted by molar-refractivity contribution is 9.10. The third-order valence-electron chi connectivity index (χ3n) is 13.2. The predicted octanol–water partition coefficient (Wildman–Crippen LogP) is 7.19. The van der Waals surface area contributed by atoms with E-state index >= 15 is 8.78 Å². The van der Waals surface area contributed by atoms with Gasteiger partial charge in [-0.15, -0.1) is 0 Å². The van der Waals surface area contributed by atoms with Crippen LogP contribution in [0.2, 0.25) is 0 Å². The molecule has 0 radical (unpaired) electrons.